The number of nitrogens with zero attached hydrogens (tertiary/aromatic N) is 1. The van der Waals surface area contributed by atoms with Crippen LogP contribution >= 0.6 is 0 Å². The molecule has 0 aromatic heterocycles. The van der Waals surface area contributed by atoms with Gasteiger partial charge in [0.1, 0.15) is 0 Å². The zero-order valence-corrected chi connectivity index (χ0v) is 9.18. The monoisotopic (exact) mass is 199 g/mol. The quantitative estimate of drug-likeness (QED) is 0.623. The molecule has 0 aromatic carbocycles. The lowest BCUT2D eigenvalue weighted by molar-refractivity contribution is -0.123. The molecule has 2 N–H and O–H groups in total. The summed E-state index contributed by atoms with van der Waals surface area (Å²) in [5.74, 6) is 0.146. The molecule has 0 radical (unpaired) electrons. The van der Waals surface area contributed by atoms with Crippen molar-refractivity contribution in [3.63, 3.8) is 0 Å². The summed E-state index contributed by atoms with van der Waals surface area (Å²) < 4.78 is 0. The minimum absolute atomic E-state index is 0.146. The Kier molecular flexibility index (Phi) is 4.90. The van der Waals surface area contributed by atoms with Gasteiger partial charge in [-0.3, -0.25) is 9.69 Å². The molecule has 1 rings (SSSR count). The topological polar surface area (TPSA) is 44.4 Å². The Labute approximate surface area is 86.0 Å². The Morgan fingerprint density at radius 2 is 2.21 bits per heavy atom. The van der Waals surface area contributed by atoms with Gasteiger partial charge in [0.2, 0.25) is 5.91 Å². The van der Waals surface area contributed by atoms with Crippen molar-refractivity contribution in [2.24, 2.45) is 0 Å². The fourth-order valence-corrected chi connectivity index (χ4v) is 1.65. The zero-order valence-electron chi connectivity index (χ0n) is 9.18. The van der Waals surface area contributed by atoms with Gasteiger partial charge in [-0.05, 0) is 19.9 Å². The molecule has 1 amide bonds. The van der Waals surface area contributed by atoms with Gasteiger partial charge in [0.15, 0.2) is 0 Å². The molecular formula is C10H21N3O. The van der Waals surface area contributed by atoms with E-state index in [1.54, 1.807) is 0 Å². The maximum Gasteiger partial charge on any atom is 0.234 e. The van der Waals surface area contributed by atoms with Gasteiger partial charge in [-0.2, -0.15) is 0 Å². The molecule has 0 saturated carbocycles. The molecule has 0 bridgehead atoms. The molecule has 0 unspecified atom stereocenters. The van der Waals surface area contributed by atoms with Crippen LogP contribution in [0.25, 0.3) is 0 Å². The molecule has 82 valence electrons. The molecule has 4 nitrogen and oxygen atoms in total. The summed E-state index contributed by atoms with van der Waals surface area (Å²) in [7, 11) is 0. The van der Waals surface area contributed by atoms with Crippen molar-refractivity contribution < 1.29 is 4.79 Å². The second-order valence-electron chi connectivity index (χ2n) is 3.74. The third kappa shape index (κ3) is 3.27. The van der Waals surface area contributed by atoms with Crippen molar-refractivity contribution in [3.8, 4) is 0 Å². The minimum atomic E-state index is 0.146. The van der Waals surface area contributed by atoms with Gasteiger partial charge in [-0.15, -0.1) is 0 Å². The van der Waals surface area contributed by atoms with E-state index >= 15 is 0 Å². The molecule has 1 heterocycles. The molecule has 14 heavy (non-hydrogen) atoms. The SMILES string of the molecule is CCCN(CC(=O)NCC)C1CNC1. The van der Waals surface area contributed by atoms with Crippen LogP contribution in [-0.2, 0) is 4.79 Å². The van der Waals surface area contributed by atoms with Crippen LogP contribution in [0.1, 0.15) is 20.3 Å². The first-order valence-corrected chi connectivity index (χ1v) is 5.49. The smallest absolute Gasteiger partial charge is 0.234 e. The molecule has 1 saturated heterocycles. The van der Waals surface area contributed by atoms with Crippen LogP contribution in [-0.4, -0.2) is 49.6 Å². The van der Waals surface area contributed by atoms with Crippen LogP contribution in [0, 0.1) is 0 Å². The largest absolute Gasteiger partial charge is 0.355 e. The lowest BCUT2D eigenvalue weighted by Gasteiger charge is -2.37. The summed E-state index contributed by atoms with van der Waals surface area (Å²) in [6, 6.07) is 0.567. The molecular weight excluding hydrogens is 178 g/mol. The summed E-state index contributed by atoms with van der Waals surface area (Å²) in [4.78, 5) is 13.7. The highest BCUT2D eigenvalue weighted by atomic mass is 16.2. The first kappa shape index (κ1) is 11.5. The normalized spacial score (nSPS) is 16.8. The molecule has 0 aromatic rings. The van der Waals surface area contributed by atoms with E-state index in [0.29, 0.717) is 12.6 Å². The van der Waals surface area contributed by atoms with Gasteiger partial charge >= 0.3 is 0 Å². The van der Waals surface area contributed by atoms with Gasteiger partial charge in [0.25, 0.3) is 0 Å². The van der Waals surface area contributed by atoms with Crippen LogP contribution in [0.3, 0.4) is 0 Å². The fourth-order valence-electron chi connectivity index (χ4n) is 1.65. The van der Waals surface area contributed by atoms with Crippen molar-refractivity contribution in [1.82, 2.24) is 15.5 Å². The van der Waals surface area contributed by atoms with Crippen molar-refractivity contribution in [1.29, 1.82) is 0 Å². The Morgan fingerprint density at radius 1 is 1.50 bits per heavy atom. The molecule has 4 heteroatoms. The number of nitrogens with one attached hydrogen (secondary N) is 2. The highest BCUT2D eigenvalue weighted by Gasteiger charge is 2.24. The third-order valence-electron chi connectivity index (χ3n) is 2.51. The standard InChI is InChI=1S/C10H21N3O/c1-3-5-13(9-6-11-7-9)8-10(14)12-4-2/h9,11H,3-8H2,1-2H3,(H,12,14). The zero-order chi connectivity index (χ0) is 10.4. The first-order valence-electron chi connectivity index (χ1n) is 5.49. The van der Waals surface area contributed by atoms with E-state index in [9.17, 15) is 4.79 Å². The number of rotatable bonds is 6. The maximum atomic E-state index is 11.4. The van der Waals surface area contributed by atoms with E-state index < -0.39 is 0 Å². The van der Waals surface area contributed by atoms with Gasteiger partial charge in [-0.1, -0.05) is 6.92 Å². The summed E-state index contributed by atoms with van der Waals surface area (Å²) in [5, 5.41) is 6.07. The Hall–Kier alpha value is -0.610. The van der Waals surface area contributed by atoms with Crippen LogP contribution in [0.5, 0.6) is 0 Å². The predicted octanol–water partition coefficient (Wildman–Crippen LogP) is -0.194. The van der Waals surface area contributed by atoms with E-state index in [1.807, 2.05) is 6.92 Å². The van der Waals surface area contributed by atoms with Gasteiger partial charge in [0, 0.05) is 25.7 Å². The summed E-state index contributed by atoms with van der Waals surface area (Å²) in [5.41, 5.74) is 0. The van der Waals surface area contributed by atoms with Crippen LogP contribution in [0.4, 0.5) is 0 Å². The average molecular weight is 199 g/mol. The number of carbonyl (C=O) groups excluding carboxylic acids is 1. The first-order chi connectivity index (χ1) is 6.77. The summed E-state index contributed by atoms with van der Waals surface area (Å²) in [6.07, 6.45) is 1.11. The summed E-state index contributed by atoms with van der Waals surface area (Å²) >= 11 is 0. The Balaban J connectivity index is 2.30. The predicted molar refractivity (Wildman–Crippen MR) is 57.2 cm³/mol. The van der Waals surface area contributed by atoms with E-state index in [4.69, 9.17) is 0 Å². The van der Waals surface area contributed by atoms with Gasteiger partial charge < -0.3 is 10.6 Å². The third-order valence-corrected chi connectivity index (χ3v) is 2.51. The van der Waals surface area contributed by atoms with Crippen molar-refractivity contribution in [2.45, 2.75) is 26.3 Å². The molecule has 0 atom stereocenters. The van der Waals surface area contributed by atoms with Crippen LogP contribution in [0.15, 0.2) is 0 Å². The molecule has 1 aliphatic rings. The molecule has 1 fully saturated rings. The second kappa shape index (κ2) is 5.98. The van der Waals surface area contributed by atoms with Crippen LogP contribution in [0.2, 0.25) is 0 Å². The minimum Gasteiger partial charge on any atom is -0.355 e. The number of hydrogen-bond donors (Lipinski definition) is 2. The van der Waals surface area contributed by atoms with Crippen molar-refractivity contribution in [3.05, 3.63) is 0 Å². The molecule has 0 spiro atoms. The van der Waals surface area contributed by atoms with E-state index in [0.717, 1.165) is 32.6 Å². The maximum absolute atomic E-state index is 11.4. The van der Waals surface area contributed by atoms with E-state index in [2.05, 4.69) is 22.5 Å². The van der Waals surface area contributed by atoms with Gasteiger partial charge in [0.05, 0.1) is 6.54 Å². The molecule has 1 aliphatic heterocycles. The Bertz CT molecular complexity index is 180. The Morgan fingerprint density at radius 3 is 2.64 bits per heavy atom. The fraction of sp³-hybridized carbons (Fsp3) is 0.900. The summed E-state index contributed by atoms with van der Waals surface area (Å²) in [6.45, 7) is 8.45. The van der Waals surface area contributed by atoms with E-state index in [1.165, 1.54) is 0 Å². The number of likely N-dealkylation sites (N-methyl/N-ethyl adjacent to an activating group) is 1. The molecule has 0 aliphatic carbocycles. The highest BCUT2D eigenvalue weighted by Crippen LogP contribution is 2.05. The van der Waals surface area contributed by atoms with Crippen molar-refractivity contribution >= 4 is 5.91 Å². The van der Waals surface area contributed by atoms with E-state index in [-0.39, 0.29) is 5.91 Å². The van der Waals surface area contributed by atoms with Gasteiger partial charge in [-0.25, -0.2) is 0 Å². The lowest BCUT2D eigenvalue weighted by atomic mass is 10.1. The van der Waals surface area contributed by atoms with Crippen LogP contribution < -0.4 is 10.6 Å². The lowest BCUT2D eigenvalue weighted by Crippen LogP contribution is -2.59. The number of carbonyl (C=O) groups is 1. The average Bonchev–Trinajstić information content (AvgIpc) is 2.01. The van der Waals surface area contributed by atoms with Crippen molar-refractivity contribution in [2.75, 3.05) is 32.7 Å². The number of amides is 1. The second-order valence-corrected chi connectivity index (χ2v) is 3.74. The highest BCUT2D eigenvalue weighted by molar-refractivity contribution is 5.78. The number of hydrogen-bond acceptors (Lipinski definition) is 3.